The number of nitrogens with zero attached hydrogens (tertiary/aromatic N) is 2. The molecule has 3 fully saturated rings. The zero-order valence-corrected chi connectivity index (χ0v) is 13.3. The Hall–Kier alpha value is -0.810. The maximum Gasteiger partial charge on any atom is 0.227 e. The molecule has 0 radical (unpaired) electrons. The van der Waals surface area contributed by atoms with Crippen molar-refractivity contribution in [1.29, 1.82) is 0 Å². The van der Waals surface area contributed by atoms with Crippen LogP contribution in [0.5, 0.6) is 0 Å². The number of likely N-dealkylation sites (tertiary alicyclic amines) is 2. The Kier molecular flexibility index (Phi) is 5.49. The molecule has 0 aromatic carbocycles. The fourth-order valence-electron chi connectivity index (χ4n) is 3.44. The highest BCUT2D eigenvalue weighted by atomic mass is 35.5. The van der Waals surface area contributed by atoms with Gasteiger partial charge in [-0.1, -0.05) is 0 Å². The van der Waals surface area contributed by atoms with Gasteiger partial charge in [0, 0.05) is 38.1 Å². The summed E-state index contributed by atoms with van der Waals surface area (Å²) in [5, 5.41) is 0. The second kappa shape index (κ2) is 6.97. The molecule has 1 saturated carbocycles. The molecule has 2 aliphatic heterocycles. The summed E-state index contributed by atoms with van der Waals surface area (Å²) in [6, 6.07) is 0.125. The van der Waals surface area contributed by atoms with Crippen molar-refractivity contribution in [3.63, 3.8) is 0 Å². The summed E-state index contributed by atoms with van der Waals surface area (Å²) in [5.41, 5.74) is 5.96. The van der Waals surface area contributed by atoms with Gasteiger partial charge in [-0.15, -0.1) is 12.4 Å². The lowest BCUT2D eigenvalue weighted by atomic mass is 9.94. The van der Waals surface area contributed by atoms with E-state index in [1.165, 1.54) is 0 Å². The number of piperidine rings is 2. The van der Waals surface area contributed by atoms with Crippen LogP contribution in [0.1, 0.15) is 38.5 Å². The van der Waals surface area contributed by atoms with Crippen molar-refractivity contribution in [2.45, 2.75) is 44.6 Å². The van der Waals surface area contributed by atoms with Crippen LogP contribution in [-0.4, -0.2) is 53.8 Å². The van der Waals surface area contributed by atoms with Crippen LogP contribution in [0.15, 0.2) is 0 Å². The molecule has 2 amide bonds. The number of carbonyl (C=O) groups excluding carboxylic acids is 2. The molecule has 2 N–H and O–H groups in total. The van der Waals surface area contributed by atoms with Crippen LogP contribution in [0.25, 0.3) is 0 Å². The molecule has 0 aromatic heterocycles. The number of hydrogen-bond acceptors (Lipinski definition) is 3. The summed E-state index contributed by atoms with van der Waals surface area (Å²) in [7, 11) is 0. The first-order chi connectivity index (χ1) is 9.65. The number of rotatable bonds is 2. The lowest BCUT2D eigenvalue weighted by molar-refractivity contribution is -0.142. The lowest BCUT2D eigenvalue weighted by Crippen LogP contribution is -2.51. The molecule has 5 nitrogen and oxygen atoms in total. The maximum absolute atomic E-state index is 12.6. The Balaban J connectivity index is 0.00000161. The SMILES string of the molecule is Cl.NC1CCCN(C(=O)C2CCCN(C(=O)C3CC3)C2)C1. The summed E-state index contributed by atoms with van der Waals surface area (Å²) in [4.78, 5) is 28.6. The number of hydrogen-bond donors (Lipinski definition) is 1. The smallest absolute Gasteiger partial charge is 0.227 e. The van der Waals surface area contributed by atoms with Gasteiger partial charge in [-0.3, -0.25) is 9.59 Å². The Morgan fingerprint density at radius 2 is 1.38 bits per heavy atom. The van der Waals surface area contributed by atoms with E-state index in [0.717, 1.165) is 51.6 Å². The van der Waals surface area contributed by atoms with Crippen molar-refractivity contribution in [1.82, 2.24) is 9.80 Å². The first-order valence-electron chi connectivity index (χ1n) is 7.98. The molecule has 2 atom stereocenters. The minimum Gasteiger partial charge on any atom is -0.342 e. The Labute approximate surface area is 132 Å². The fourth-order valence-corrected chi connectivity index (χ4v) is 3.44. The standard InChI is InChI=1S/C15H25N3O2.ClH/c16-13-4-2-8-18(10-13)15(20)12-3-1-7-17(9-12)14(19)11-5-6-11;/h11-13H,1-10,16H2;1H. The van der Waals surface area contributed by atoms with Crippen LogP contribution >= 0.6 is 12.4 Å². The van der Waals surface area contributed by atoms with Crippen molar-refractivity contribution >= 4 is 24.2 Å². The van der Waals surface area contributed by atoms with Gasteiger partial charge in [-0.25, -0.2) is 0 Å². The first kappa shape index (κ1) is 16.6. The molecular formula is C15H26ClN3O2. The van der Waals surface area contributed by atoms with Gasteiger partial charge in [0.15, 0.2) is 0 Å². The Morgan fingerprint density at radius 1 is 0.810 bits per heavy atom. The number of halogens is 1. The zero-order valence-electron chi connectivity index (χ0n) is 12.5. The highest BCUT2D eigenvalue weighted by Gasteiger charge is 2.37. The average molecular weight is 316 g/mol. The molecule has 0 aromatic rings. The summed E-state index contributed by atoms with van der Waals surface area (Å²) in [6.07, 6.45) is 5.96. The minimum atomic E-state index is -0.00301. The van der Waals surface area contributed by atoms with E-state index in [4.69, 9.17) is 5.73 Å². The monoisotopic (exact) mass is 315 g/mol. The Bertz CT molecular complexity index is 400. The Morgan fingerprint density at radius 3 is 2.00 bits per heavy atom. The van der Waals surface area contributed by atoms with Crippen molar-refractivity contribution in [2.24, 2.45) is 17.6 Å². The van der Waals surface area contributed by atoms with E-state index in [-0.39, 0.29) is 42.1 Å². The summed E-state index contributed by atoms with van der Waals surface area (Å²) < 4.78 is 0. The van der Waals surface area contributed by atoms with Crippen molar-refractivity contribution < 1.29 is 9.59 Å². The van der Waals surface area contributed by atoms with E-state index < -0.39 is 0 Å². The summed E-state index contributed by atoms with van der Waals surface area (Å²) in [5.74, 6) is 0.746. The van der Waals surface area contributed by atoms with E-state index in [0.29, 0.717) is 13.1 Å². The second-order valence-electron chi connectivity index (χ2n) is 6.58. The molecule has 120 valence electrons. The minimum absolute atomic E-state index is 0. The van der Waals surface area contributed by atoms with Crippen LogP contribution in [-0.2, 0) is 9.59 Å². The van der Waals surface area contributed by atoms with Gasteiger partial charge in [-0.2, -0.15) is 0 Å². The molecule has 0 bridgehead atoms. The first-order valence-corrected chi connectivity index (χ1v) is 7.98. The van der Waals surface area contributed by atoms with Gasteiger partial charge in [0.05, 0.1) is 5.92 Å². The highest BCUT2D eigenvalue weighted by Crippen LogP contribution is 2.32. The fraction of sp³-hybridized carbons (Fsp3) is 0.867. The van der Waals surface area contributed by atoms with E-state index in [2.05, 4.69) is 0 Å². The van der Waals surface area contributed by atoms with Crippen LogP contribution < -0.4 is 5.73 Å². The third kappa shape index (κ3) is 3.89. The van der Waals surface area contributed by atoms with Crippen molar-refractivity contribution in [2.75, 3.05) is 26.2 Å². The zero-order chi connectivity index (χ0) is 14.1. The molecular weight excluding hydrogens is 290 g/mol. The third-order valence-corrected chi connectivity index (χ3v) is 4.78. The van der Waals surface area contributed by atoms with Gasteiger partial charge in [0.2, 0.25) is 11.8 Å². The molecule has 6 heteroatoms. The molecule has 3 rings (SSSR count). The predicted octanol–water partition coefficient (Wildman–Crippen LogP) is 1.01. The molecule has 2 heterocycles. The van der Waals surface area contributed by atoms with E-state index >= 15 is 0 Å². The highest BCUT2D eigenvalue weighted by molar-refractivity contribution is 5.85. The van der Waals surface area contributed by atoms with Gasteiger partial charge in [0.1, 0.15) is 0 Å². The predicted molar refractivity (Wildman–Crippen MR) is 83.1 cm³/mol. The molecule has 3 aliphatic rings. The molecule has 2 unspecified atom stereocenters. The van der Waals surface area contributed by atoms with Gasteiger partial charge >= 0.3 is 0 Å². The molecule has 21 heavy (non-hydrogen) atoms. The molecule has 0 spiro atoms. The average Bonchev–Trinajstić information content (AvgIpc) is 3.30. The van der Waals surface area contributed by atoms with Crippen molar-refractivity contribution in [3.8, 4) is 0 Å². The molecule has 2 saturated heterocycles. The van der Waals surface area contributed by atoms with Gasteiger partial charge in [0.25, 0.3) is 0 Å². The van der Waals surface area contributed by atoms with Gasteiger partial charge in [-0.05, 0) is 38.5 Å². The van der Waals surface area contributed by atoms with Crippen LogP contribution in [0.2, 0.25) is 0 Å². The lowest BCUT2D eigenvalue weighted by Gasteiger charge is -2.37. The quantitative estimate of drug-likeness (QED) is 0.827. The van der Waals surface area contributed by atoms with E-state index in [1.807, 2.05) is 9.80 Å². The summed E-state index contributed by atoms with van der Waals surface area (Å²) >= 11 is 0. The van der Waals surface area contributed by atoms with Crippen LogP contribution in [0.3, 0.4) is 0 Å². The second-order valence-corrected chi connectivity index (χ2v) is 6.58. The molecule has 1 aliphatic carbocycles. The largest absolute Gasteiger partial charge is 0.342 e. The van der Waals surface area contributed by atoms with E-state index in [9.17, 15) is 9.59 Å². The topological polar surface area (TPSA) is 66.6 Å². The number of carbonyl (C=O) groups is 2. The number of nitrogens with two attached hydrogens (primary N) is 1. The van der Waals surface area contributed by atoms with Crippen LogP contribution in [0.4, 0.5) is 0 Å². The number of amides is 2. The summed E-state index contributed by atoms with van der Waals surface area (Å²) in [6.45, 7) is 2.98. The van der Waals surface area contributed by atoms with Crippen molar-refractivity contribution in [3.05, 3.63) is 0 Å². The van der Waals surface area contributed by atoms with E-state index in [1.54, 1.807) is 0 Å². The third-order valence-electron chi connectivity index (χ3n) is 4.78. The van der Waals surface area contributed by atoms with Gasteiger partial charge < -0.3 is 15.5 Å². The maximum atomic E-state index is 12.6. The normalized spacial score (nSPS) is 29.8. The van der Waals surface area contributed by atoms with Crippen LogP contribution in [0, 0.1) is 11.8 Å².